The quantitative estimate of drug-likeness (QED) is 0.276. The van der Waals surface area contributed by atoms with Crippen molar-refractivity contribution in [3.8, 4) is 5.75 Å². The van der Waals surface area contributed by atoms with E-state index in [1.165, 1.54) is 24.4 Å². The molecule has 0 spiro atoms. The predicted octanol–water partition coefficient (Wildman–Crippen LogP) is 6.32. The van der Waals surface area contributed by atoms with E-state index in [1.54, 1.807) is 12.3 Å². The number of hydrogen-bond acceptors (Lipinski definition) is 5. The van der Waals surface area contributed by atoms with E-state index in [4.69, 9.17) is 21.4 Å². The number of nitrogens with one attached hydrogen (secondary N) is 2. The summed E-state index contributed by atoms with van der Waals surface area (Å²) in [5.74, 6) is -0.877. The van der Waals surface area contributed by atoms with Crippen LogP contribution in [-0.2, 0) is 6.18 Å². The zero-order valence-corrected chi connectivity index (χ0v) is 18.8. The van der Waals surface area contributed by atoms with Crippen molar-refractivity contribution in [2.45, 2.75) is 45.2 Å². The number of unbranched alkanes of at least 4 members (excludes halogenated alkanes) is 4. The Morgan fingerprint density at radius 2 is 1.94 bits per heavy atom. The second-order valence-electron chi connectivity index (χ2n) is 7.40. The summed E-state index contributed by atoms with van der Waals surface area (Å²) in [4.78, 5) is 16.3. The van der Waals surface area contributed by atoms with Gasteiger partial charge >= 0.3 is 6.18 Å². The third-order valence-corrected chi connectivity index (χ3v) is 5.02. The van der Waals surface area contributed by atoms with Crippen molar-refractivity contribution in [2.24, 2.45) is 0 Å². The highest BCUT2D eigenvalue weighted by Crippen LogP contribution is 2.38. The monoisotopic (exact) mass is 479 g/mol. The second kappa shape index (κ2) is 11.1. The molecule has 3 rings (SSSR count). The number of nitrogens with zero attached hydrogens (tertiary/aromatic N) is 1. The number of alkyl halides is 3. The van der Waals surface area contributed by atoms with Gasteiger partial charge in [0.1, 0.15) is 11.3 Å². The number of pyridine rings is 1. The molecule has 0 fully saturated rings. The zero-order chi connectivity index (χ0) is 23.8. The molecular formula is C23H24F3N3O3S. The van der Waals surface area contributed by atoms with Crippen LogP contribution >= 0.6 is 12.2 Å². The van der Waals surface area contributed by atoms with E-state index >= 15 is 0 Å². The fraction of sp³-hybridized carbons (Fsp3) is 0.348. The number of halogens is 3. The van der Waals surface area contributed by atoms with E-state index in [1.807, 2.05) is 0 Å². The Balaban J connectivity index is 1.62. The Bertz CT molecular complexity index is 1080. The first-order valence-corrected chi connectivity index (χ1v) is 11.0. The van der Waals surface area contributed by atoms with Crippen LogP contribution in [0.1, 0.15) is 55.1 Å². The van der Waals surface area contributed by atoms with E-state index in [9.17, 15) is 18.0 Å². The summed E-state index contributed by atoms with van der Waals surface area (Å²) in [6.45, 7) is 2.30. The lowest BCUT2D eigenvalue weighted by Gasteiger charge is -2.16. The van der Waals surface area contributed by atoms with Gasteiger partial charge in [0.25, 0.3) is 5.91 Å². The van der Waals surface area contributed by atoms with Crippen LogP contribution in [0.25, 0.3) is 11.0 Å². The Kier molecular flexibility index (Phi) is 8.26. The third-order valence-electron chi connectivity index (χ3n) is 4.82. The van der Waals surface area contributed by atoms with Crippen LogP contribution in [-0.4, -0.2) is 22.6 Å². The van der Waals surface area contributed by atoms with Gasteiger partial charge in [-0.2, -0.15) is 13.2 Å². The van der Waals surface area contributed by atoms with Gasteiger partial charge in [-0.1, -0.05) is 32.6 Å². The van der Waals surface area contributed by atoms with Crippen LogP contribution in [0.4, 0.5) is 18.9 Å². The number of carbonyl (C=O) groups excluding carboxylic acids is 1. The number of amides is 1. The fourth-order valence-electron chi connectivity index (χ4n) is 3.17. The number of benzene rings is 1. The number of carbonyl (C=O) groups is 1. The summed E-state index contributed by atoms with van der Waals surface area (Å²) in [5, 5.41) is 5.45. The van der Waals surface area contributed by atoms with Gasteiger partial charge in [-0.3, -0.25) is 15.1 Å². The number of furan rings is 1. The molecule has 1 amide bonds. The number of fused-ring (bicyclic) bond motifs is 1. The molecule has 2 heterocycles. The van der Waals surface area contributed by atoms with Gasteiger partial charge in [0.05, 0.1) is 12.2 Å². The molecule has 33 heavy (non-hydrogen) atoms. The summed E-state index contributed by atoms with van der Waals surface area (Å²) in [6.07, 6.45) is 3.27. The number of anilines is 1. The fourth-order valence-corrected chi connectivity index (χ4v) is 3.38. The molecule has 0 saturated carbocycles. The van der Waals surface area contributed by atoms with Crippen molar-refractivity contribution in [1.29, 1.82) is 0 Å². The lowest BCUT2D eigenvalue weighted by molar-refractivity contribution is -0.138. The summed E-state index contributed by atoms with van der Waals surface area (Å²) in [5.41, 5.74) is -0.374. The molecule has 0 aliphatic carbocycles. The summed E-state index contributed by atoms with van der Waals surface area (Å²) in [6, 6.07) is 6.66. The maximum absolute atomic E-state index is 13.5. The van der Waals surface area contributed by atoms with Crippen LogP contribution in [0.15, 0.2) is 47.1 Å². The molecule has 0 bridgehead atoms. The highest BCUT2D eigenvalue weighted by atomic mass is 32.1. The smallest absolute Gasteiger partial charge is 0.420 e. The summed E-state index contributed by atoms with van der Waals surface area (Å²) in [7, 11) is 0. The maximum Gasteiger partial charge on any atom is 0.420 e. The minimum Gasteiger partial charge on any atom is -0.493 e. The van der Waals surface area contributed by atoms with Crippen molar-refractivity contribution in [3.05, 3.63) is 54.0 Å². The maximum atomic E-state index is 13.5. The molecule has 0 unspecified atom stereocenters. The number of thiocarbonyl (C=S) groups is 1. The van der Waals surface area contributed by atoms with Crippen molar-refractivity contribution in [3.63, 3.8) is 0 Å². The molecule has 2 N–H and O–H groups in total. The van der Waals surface area contributed by atoms with E-state index in [2.05, 4.69) is 22.5 Å². The van der Waals surface area contributed by atoms with Gasteiger partial charge in [0.2, 0.25) is 0 Å². The van der Waals surface area contributed by atoms with Crippen LogP contribution in [0.2, 0.25) is 0 Å². The van der Waals surface area contributed by atoms with Gasteiger partial charge in [0, 0.05) is 23.5 Å². The molecule has 0 saturated heterocycles. The molecule has 176 valence electrons. The van der Waals surface area contributed by atoms with Gasteiger partial charge in [0.15, 0.2) is 10.9 Å². The van der Waals surface area contributed by atoms with Crippen molar-refractivity contribution in [1.82, 2.24) is 10.3 Å². The number of hydrogen-bond donors (Lipinski definition) is 2. The van der Waals surface area contributed by atoms with Crippen LogP contribution in [0, 0.1) is 0 Å². The Hall–Kier alpha value is -3.14. The first-order valence-electron chi connectivity index (χ1n) is 10.6. The van der Waals surface area contributed by atoms with Crippen LogP contribution in [0.5, 0.6) is 5.75 Å². The minimum absolute atomic E-state index is 0.000755. The van der Waals surface area contributed by atoms with Crippen LogP contribution < -0.4 is 15.4 Å². The molecule has 10 heteroatoms. The molecule has 0 radical (unpaired) electrons. The highest BCUT2D eigenvalue weighted by Gasteiger charge is 2.34. The molecule has 0 atom stereocenters. The average Bonchev–Trinajstić information content (AvgIpc) is 3.21. The predicted molar refractivity (Wildman–Crippen MR) is 123 cm³/mol. The van der Waals surface area contributed by atoms with Gasteiger partial charge in [-0.15, -0.1) is 0 Å². The van der Waals surface area contributed by atoms with E-state index in [0.29, 0.717) is 17.4 Å². The number of ether oxygens (including phenoxy) is 1. The summed E-state index contributed by atoms with van der Waals surface area (Å²) < 4.78 is 51.5. The van der Waals surface area contributed by atoms with Crippen molar-refractivity contribution < 1.29 is 27.1 Å². The summed E-state index contributed by atoms with van der Waals surface area (Å²) >= 11 is 5.07. The zero-order valence-electron chi connectivity index (χ0n) is 18.0. The van der Waals surface area contributed by atoms with E-state index < -0.39 is 17.6 Å². The minimum atomic E-state index is -4.61. The molecule has 2 aromatic heterocycles. The third kappa shape index (κ3) is 6.92. The number of aromatic nitrogens is 1. The van der Waals surface area contributed by atoms with Gasteiger partial charge in [-0.25, -0.2) is 0 Å². The molecule has 0 aliphatic rings. The average molecular weight is 480 g/mol. The molecule has 0 aliphatic heterocycles. The first-order chi connectivity index (χ1) is 15.8. The van der Waals surface area contributed by atoms with Gasteiger partial charge in [-0.05, 0) is 49.0 Å². The highest BCUT2D eigenvalue weighted by molar-refractivity contribution is 7.80. The Morgan fingerprint density at radius 3 is 2.67 bits per heavy atom. The Labute approximate surface area is 194 Å². The topological polar surface area (TPSA) is 76.4 Å². The molecular weight excluding hydrogens is 455 g/mol. The van der Waals surface area contributed by atoms with E-state index in [-0.39, 0.29) is 28.9 Å². The first kappa shape index (κ1) is 24.5. The molecule has 6 nitrogen and oxygen atoms in total. The van der Waals surface area contributed by atoms with Crippen LogP contribution in [0.3, 0.4) is 0 Å². The number of rotatable bonds is 9. The molecule has 1 aromatic carbocycles. The standard InChI is InChI=1S/C23H24F3N3O3S/c1-2-3-4-5-6-11-31-19-8-7-16(13-17(19)23(24,25)26)28-22(33)29-21(30)20-12-15-14-27-10-9-18(15)32-20/h7-10,12-14H,2-6,11H2,1H3,(H2,28,29,30,33). The normalized spacial score (nSPS) is 11.4. The Morgan fingerprint density at radius 1 is 1.15 bits per heavy atom. The van der Waals surface area contributed by atoms with Crippen molar-refractivity contribution in [2.75, 3.05) is 11.9 Å². The lowest BCUT2D eigenvalue weighted by atomic mass is 10.1. The largest absolute Gasteiger partial charge is 0.493 e. The lowest BCUT2D eigenvalue weighted by Crippen LogP contribution is -2.34. The second-order valence-corrected chi connectivity index (χ2v) is 7.81. The van der Waals surface area contributed by atoms with E-state index in [0.717, 1.165) is 31.7 Å². The molecule has 3 aromatic rings. The van der Waals surface area contributed by atoms with Crippen molar-refractivity contribution >= 4 is 39.9 Å². The SMILES string of the molecule is CCCCCCCOc1ccc(NC(=S)NC(=O)c2cc3cnccc3o2)cc1C(F)(F)F. The van der Waals surface area contributed by atoms with Gasteiger partial charge < -0.3 is 14.5 Å².